The number of nitrogens with one attached hydrogen (secondary N) is 2. The molecule has 2 N–H and O–H groups in total. The zero-order valence-corrected chi connectivity index (χ0v) is 16.6. The molecule has 4 amide bonds. The lowest BCUT2D eigenvalue weighted by molar-refractivity contribution is -0.127. The van der Waals surface area contributed by atoms with Crippen LogP contribution in [0, 0.1) is 12.7 Å². The van der Waals surface area contributed by atoms with Gasteiger partial charge in [-0.05, 0) is 60.5 Å². The quantitative estimate of drug-likeness (QED) is 0.561. The van der Waals surface area contributed by atoms with Crippen molar-refractivity contribution in [3.05, 3.63) is 59.0 Å². The molecule has 0 aliphatic carbocycles. The summed E-state index contributed by atoms with van der Waals surface area (Å²) < 4.78 is 23.5. The summed E-state index contributed by atoms with van der Waals surface area (Å²) >= 11 is 0. The van der Waals surface area contributed by atoms with Gasteiger partial charge in [0, 0.05) is 5.69 Å². The highest BCUT2D eigenvalue weighted by Crippen LogP contribution is 2.31. The topological polar surface area (TPSA) is 97.0 Å². The maximum atomic E-state index is 13.0. The van der Waals surface area contributed by atoms with E-state index in [1.54, 1.807) is 12.1 Å². The van der Waals surface area contributed by atoms with E-state index < -0.39 is 30.2 Å². The first-order chi connectivity index (χ1) is 14.3. The van der Waals surface area contributed by atoms with E-state index >= 15 is 0 Å². The average molecular weight is 413 g/mol. The number of ether oxygens (including phenoxy) is 2. The molecule has 0 aromatic heterocycles. The minimum atomic E-state index is -0.710. The summed E-state index contributed by atoms with van der Waals surface area (Å²) in [6, 6.07) is 7.86. The molecule has 0 radical (unpaired) electrons. The molecule has 0 saturated carbocycles. The Morgan fingerprint density at radius 2 is 1.77 bits per heavy atom. The molecule has 1 aliphatic rings. The third kappa shape index (κ3) is 4.40. The smallest absolute Gasteiger partial charge is 0.329 e. The Hall–Kier alpha value is -3.88. The molecule has 1 saturated heterocycles. The number of urea groups is 1. The summed E-state index contributed by atoms with van der Waals surface area (Å²) in [5, 5.41) is 4.98. The summed E-state index contributed by atoms with van der Waals surface area (Å²) in [4.78, 5) is 37.8. The number of imide groups is 1. The van der Waals surface area contributed by atoms with Crippen LogP contribution in [-0.4, -0.2) is 43.5 Å². The van der Waals surface area contributed by atoms with Crippen molar-refractivity contribution >= 4 is 29.6 Å². The molecule has 2 aromatic rings. The highest BCUT2D eigenvalue weighted by Gasteiger charge is 2.35. The van der Waals surface area contributed by atoms with E-state index in [9.17, 15) is 18.8 Å². The number of anilines is 1. The molecule has 0 bridgehead atoms. The molecule has 2 aromatic carbocycles. The van der Waals surface area contributed by atoms with Gasteiger partial charge in [0.25, 0.3) is 5.91 Å². The Balaban J connectivity index is 1.76. The number of methoxy groups -OCH3 is 2. The monoisotopic (exact) mass is 413 g/mol. The lowest BCUT2D eigenvalue weighted by atomic mass is 10.1. The van der Waals surface area contributed by atoms with Gasteiger partial charge in [-0.25, -0.2) is 14.1 Å². The summed E-state index contributed by atoms with van der Waals surface area (Å²) in [5.74, 6) is -0.653. The molecule has 1 aliphatic heterocycles. The molecule has 9 heteroatoms. The Bertz CT molecular complexity index is 1030. The van der Waals surface area contributed by atoms with E-state index in [1.165, 1.54) is 44.6 Å². The van der Waals surface area contributed by atoms with Gasteiger partial charge in [-0.15, -0.1) is 0 Å². The molecular weight excluding hydrogens is 393 g/mol. The highest BCUT2D eigenvalue weighted by atomic mass is 19.1. The second-order valence-electron chi connectivity index (χ2n) is 6.50. The van der Waals surface area contributed by atoms with Gasteiger partial charge in [0.1, 0.15) is 18.1 Å². The van der Waals surface area contributed by atoms with E-state index in [0.29, 0.717) is 22.7 Å². The maximum Gasteiger partial charge on any atom is 0.329 e. The molecule has 3 rings (SSSR count). The van der Waals surface area contributed by atoms with Crippen LogP contribution in [0.3, 0.4) is 0 Å². The number of hydrogen-bond donors (Lipinski definition) is 2. The van der Waals surface area contributed by atoms with Crippen LogP contribution in [0.1, 0.15) is 11.1 Å². The minimum Gasteiger partial charge on any atom is -0.493 e. The Labute approximate surface area is 172 Å². The van der Waals surface area contributed by atoms with Crippen LogP contribution in [0.4, 0.5) is 14.9 Å². The summed E-state index contributed by atoms with van der Waals surface area (Å²) in [6.07, 6.45) is 1.51. The van der Waals surface area contributed by atoms with Crippen molar-refractivity contribution in [1.29, 1.82) is 0 Å². The Morgan fingerprint density at radius 1 is 1.13 bits per heavy atom. The first kappa shape index (κ1) is 20.8. The van der Waals surface area contributed by atoms with Crippen LogP contribution in [0.5, 0.6) is 11.5 Å². The van der Waals surface area contributed by atoms with E-state index in [4.69, 9.17) is 9.47 Å². The second kappa shape index (κ2) is 8.64. The van der Waals surface area contributed by atoms with E-state index in [1.807, 2.05) is 6.92 Å². The van der Waals surface area contributed by atoms with Crippen molar-refractivity contribution in [3.63, 3.8) is 0 Å². The van der Waals surface area contributed by atoms with Gasteiger partial charge in [-0.2, -0.15) is 0 Å². The van der Waals surface area contributed by atoms with Crippen molar-refractivity contribution in [3.8, 4) is 11.5 Å². The lowest BCUT2D eigenvalue weighted by Gasteiger charge is -2.12. The first-order valence-electron chi connectivity index (χ1n) is 8.95. The molecule has 8 nitrogen and oxygen atoms in total. The van der Waals surface area contributed by atoms with Gasteiger partial charge < -0.3 is 20.1 Å². The van der Waals surface area contributed by atoms with Gasteiger partial charge >= 0.3 is 6.03 Å². The molecule has 156 valence electrons. The fourth-order valence-electron chi connectivity index (χ4n) is 2.90. The molecule has 1 heterocycles. The normalized spacial score (nSPS) is 14.7. The zero-order valence-electron chi connectivity index (χ0n) is 16.6. The number of amides is 4. The van der Waals surface area contributed by atoms with Gasteiger partial charge in [0.15, 0.2) is 11.5 Å². The van der Waals surface area contributed by atoms with Crippen LogP contribution < -0.4 is 20.1 Å². The summed E-state index contributed by atoms with van der Waals surface area (Å²) in [7, 11) is 3.01. The third-order valence-corrected chi connectivity index (χ3v) is 4.46. The van der Waals surface area contributed by atoms with Crippen molar-refractivity contribution in [2.75, 3.05) is 26.1 Å². The number of rotatable bonds is 6. The van der Waals surface area contributed by atoms with Crippen LogP contribution in [-0.2, 0) is 9.59 Å². The number of aryl methyl sites for hydroxylation is 1. The third-order valence-electron chi connectivity index (χ3n) is 4.46. The average Bonchev–Trinajstić information content (AvgIpc) is 2.98. The highest BCUT2D eigenvalue weighted by molar-refractivity contribution is 6.16. The van der Waals surface area contributed by atoms with Crippen molar-refractivity contribution < 1.29 is 28.2 Å². The van der Waals surface area contributed by atoms with Gasteiger partial charge in [0.2, 0.25) is 5.91 Å². The van der Waals surface area contributed by atoms with E-state index in [-0.39, 0.29) is 5.70 Å². The number of halogens is 1. The molecule has 0 spiro atoms. The molecular formula is C21H20FN3O5. The molecule has 0 unspecified atom stereocenters. The number of carbonyl (C=O) groups excluding carboxylic acids is 3. The maximum absolute atomic E-state index is 13.0. The minimum absolute atomic E-state index is 0.0323. The predicted molar refractivity (Wildman–Crippen MR) is 108 cm³/mol. The van der Waals surface area contributed by atoms with Crippen LogP contribution in [0.2, 0.25) is 0 Å². The lowest BCUT2D eigenvalue weighted by Crippen LogP contribution is -2.38. The van der Waals surface area contributed by atoms with E-state index in [2.05, 4.69) is 10.6 Å². The molecule has 0 atom stereocenters. The van der Waals surface area contributed by atoms with Gasteiger partial charge in [0.05, 0.1) is 14.2 Å². The number of hydrogen-bond acceptors (Lipinski definition) is 5. The van der Waals surface area contributed by atoms with Gasteiger partial charge in [-0.3, -0.25) is 9.59 Å². The second-order valence-corrected chi connectivity index (χ2v) is 6.50. The number of carbonyl (C=O) groups is 3. The summed E-state index contributed by atoms with van der Waals surface area (Å²) in [5.41, 5.74) is 1.83. The molecule has 1 fully saturated rings. The van der Waals surface area contributed by atoms with Crippen LogP contribution >= 0.6 is 0 Å². The fraction of sp³-hybridized carbons (Fsp3) is 0.190. The SMILES string of the molecule is COc1cc(C)c(/C=C2\NC(=O)N(CC(=O)Nc3ccc(F)cc3)C2=O)cc1OC. The standard InChI is InChI=1S/C21H20FN3O5/c1-12-8-17(29-2)18(30-3)10-13(12)9-16-20(27)25(21(28)24-16)11-19(26)23-15-6-4-14(22)5-7-15/h4-10H,11H2,1-3H3,(H,23,26)(H,24,28)/b16-9-. The first-order valence-corrected chi connectivity index (χ1v) is 8.95. The fourth-order valence-corrected chi connectivity index (χ4v) is 2.90. The van der Waals surface area contributed by atoms with Crippen LogP contribution in [0.15, 0.2) is 42.1 Å². The largest absolute Gasteiger partial charge is 0.493 e. The van der Waals surface area contributed by atoms with Crippen molar-refractivity contribution in [2.45, 2.75) is 6.92 Å². The molecule has 30 heavy (non-hydrogen) atoms. The number of benzene rings is 2. The van der Waals surface area contributed by atoms with Gasteiger partial charge in [-0.1, -0.05) is 0 Å². The number of nitrogens with zero attached hydrogens (tertiary/aromatic N) is 1. The van der Waals surface area contributed by atoms with Crippen molar-refractivity contribution in [1.82, 2.24) is 10.2 Å². The van der Waals surface area contributed by atoms with E-state index in [0.717, 1.165) is 10.5 Å². The summed E-state index contributed by atoms with van der Waals surface area (Å²) in [6.45, 7) is 1.34. The van der Waals surface area contributed by atoms with Crippen LogP contribution in [0.25, 0.3) is 6.08 Å². The Kier molecular flexibility index (Phi) is 6.01. The predicted octanol–water partition coefficient (Wildman–Crippen LogP) is 2.68. The van der Waals surface area contributed by atoms with Crippen molar-refractivity contribution in [2.24, 2.45) is 0 Å². The zero-order chi connectivity index (χ0) is 21.8. The Morgan fingerprint density at radius 3 is 2.40 bits per heavy atom.